The minimum atomic E-state index is -4.58. The Morgan fingerprint density at radius 1 is 1.02 bits per heavy atom. The normalized spacial score (nSPS) is 14.3. The van der Waals surface area contributed by atoms with Crippen LogP contribution < -0.4 is 10.1 Å². The van der Waals surface area contributed by atoms with E-state index in [0.29, 0.717) is 16.1 Å². The molecule has 14 heteroatoms. The number of carbonyl (C=O) groups is 2. The van der Waals surface area contributed by atoms with Gasteiger partial charge in [0.25, 0.3) is 0 Å². The number of hydrogen-bond donors (Lipinski definition) is 1. The molecule has 0 aliphatic heterocycles. The maximum absolute atomic E-state index is 12.8. The minimum Gasteiger partial charge on any atom is -0.454 e. The van der Waals surface area contributed by atoms with E-state index in [1.165, 1.54) is 6.92 Å². The van der Waals surface area contributed by atoms with Gasteiger partial charge in [0.2, 0.25) is 5.95 Å². The second kappa shape index (κ2) is 12.7. The Hall–Kier alpha value is -3.58. The van der Waals surface area contributed by atoms with Gasteiger partial charge in [-0.3, -0.25) is 9.59 Å². The lowest BCUT2D eigenvalue weighted by atomic mass is 10.0. The highest BCUT2D eigenvalue weighted by atomic mass is 35.5. The van der Waals surface area contributed by atoms with Gasteiger partial charge in [-0.2, -0.15) is 28.1 Å². The van der Waals surface area contributed by atoms with E-state index in [2.05, 4.69) is 20.3 Å². The van der Waals surface area contributed by atoms with E-state index in [9.17, 15) is 31.2 Å². The van der Waals surface area contributed by atoms with Crippen LogP contribution in [0.4, 0.5) is 19.1 Å². The number of halogens is 4. The molecule has 0 spiro atoms. The quantitative estimate of drug-likeness (QED) is 0.243. The highest BCUT2D eigenvalue weighted by Gasteiger charge is 2.45. The number of alkyl halides is 3. The monoisotopic (exact) mass is 624 g/mol. The van der Waals surface area contributed by atoms with Crippen LogP contribution in [0.15, 0.2) is 48.5 Å². The fourth-order valence-corrected chi connectivity index (χ4v) is 5.78. The maximum Gasteiger partial charge on any atom is 0.422 e. The Morgan fingerprint density at radius 2 is 1.69 bits per heavy atom. The summed E-state index contributed by atoms with van der Waals surface area (Å²) in [6.07, 6.45) is -2.87. The SMILES string of the molecule is CC(=O)CS(=O)(=O)CCCC(=O)c1ccc(Cc2nc(NC3(c4ccc(Cl)cc4)CC3)nc(OCC(F)(F)F)n2)cc1. The van der Waals surface area contributed by atoms with E-state index in [1.807, 2.05) is 12.1 Å². The van der Waals surface area contributed by atoms with Crippen LogP contribution in [0.25, 0.3) is 0 Å². The molecule has 0 unspecified atom stereocenters. The average molecular weight is 625 g/mol. The number of nitrogens with zero attached hydrogens (tertiary/aromatic N) is 3. The molecule has 1 aromatic heterocycles. The molecule has 0 radical (unpaired) electrons. The molecule has 0 saturated heterocycles. The van der Waals surface area contributed by atoms with Crippen molar-refractivity contribution in [2.45, 2.75) is 50.7 Å². The van der Waals surface area contributed by atoms with E-state index in [4.69, 9.17) is 16.3 Å². The summed E-state index contributed by atoms with van der Waals surface area (Å²) < 4.78 is 67.0. The summed E-state index contributed by atoms with van der Waals surface area (Å²) in [5.41, 5.74) is 1.49. The van der Waals surface area contributed by atoms with Crippen LogP contribution in [0.2, 0.25) is 5.02 Å². The molecule has 224 valence electrons. The smallest absolute Gasteiger partial charge is 0.422 e. The lowest BCUT2D eigenvalue weighted by molar-refractivity contribution is -0.154. The van der Waals surface area contributed by atoms with Crippen molar-refractivity contribution < 1.29 is 35.9 Å². The van der Waals surface area contributed by atoms with Crippen molar-refractivity contribution in [3.05, 3.63) is 76.1 Å². The number of ether oxygens (including phenoxy) is 1. The molecule has 1 saturated carbocycles. The largest absolute Gasteiger partial charge is 0.454 e. The third kappa shape index (κ3) is 9.21. The third-order valence-corrected chi connectivity index (χ3v) is 8.45. The number of nitrogens with one attached hydrogen (secondary N) is 1. The van der Waals surface area contributed by atoms with Gasteiger partial charge in [-0.1, -0.05) is 48.0 Å². The Balaban J connectivity index is 1.46. The van der Waals surface area contributed by atoms with Crippen molar-refractivity contribution in [1.29, 1.82) is 0 Å². The van der Waals surface area contributed by atoms with Crippen molar-refractivity contribution in [2.24, 2.45) is 0 Å². The zero-order valence-corrected chi connectivity index (χ0v) is 24.2. The van der Waals surface area contributed by atoms with Crippen LogP contribution in [-0.2, 0) is 26.6 Å². The predicted molar refractivity (Wildman–Crippen MR) is 150 cm³/mol. The molecule has 1 aliphatic rings. The van der Waals surface area contributed by atoms with Crippen LogP contribution in [0.5, 0.6) is 6.01 Å². The molecule has 1 aliphatic carbocycles. The number of carbonyl (C=O) groups excluding carboxylic acids is 2. The number of hydrogen-bond acceptors (Lipinski definition) is 9. The number of ketones is 2. The molecule has 1 fully saturated rings. The number of rotatable bonds is 14. The predicted octanol–water partition coefficient (Wildman–Crippen LogP) is 5.12. The first-order valence-corrected chi connectivity index (χ1v) is 15.2. The molecule has 2 aromatic carbocycles. The van der Waals surface area contributed by atoms with E-state index < -0.39 is 45.7 Å². The standard InChI is InChI=1S/C28H28ClF3N4O5S/c1-18(37)16-42(39,40)14-2-3-23(38)20-6-4-19(5-7-20)15-24-33-25(35-26(34-24)41-17-28(30,31)32)36-27(12-13-27)21-8-10-22(29)11-9-21/h4-11H,2-3,12-17H2,1H3,(H,33,34,35,36). The molecule has 9 nitrogen and oxygen atoms in total. The number of aromatic nitrogens is 3. The van der Waals surface area contributed by atoms with Crippen LogP contribution in [-0.4, -0.2) is 59.2 Å². The molecular formula is C28H28ClF3N4O5S. The number of Topliss-reactive ketones (excluding diaryl/α,β-unsaturated/α-hetero) is 2. The first-order valence-electron chi connectivity index (χ1n) is 13.0. The van der Waals surface area contributed by atoms with Gasteiger partial charge in [0, 0.05) is 23.4 Å². The molecule has 1 heterocycles. The zero-order valence-electron chi connectivity index (χ0n) is 22.6. The van der Waals surface area contributed by atoms with Crippen LogP contribution >= 0.6 is 11.6 Å². The van der Waals surface area contributed by atoms with Crippen molar-refractivity contribution >= 4 is 39.0 Å². The Labute approximate surface area is 245 Å². The molecule has 3 aromatic rings. The van der Waals surface area contributed by atoms with E-state index in [-0.39, 0.29) is 42.6 Å². The number of benzene rings is 2. The van der Waals surface area contributed by atoms with Gasteiger partial charge < -0.3 is 10.1 Å². The van der Waals surface area contributed by atoms with Gasteiger partial charge in [-0.05, 0) is 49.4 Å². The Bertz CT molecular complexity index is 1550. The highest BCUT2D eigenvalue weighted by molar-refractivity contribution is 7.92. The average Bonchev–Trinajstić information content (AvgIpc) is 3.67. The number of anilines is 1. The van der Waals surface area contributed by atoms with Crippen LogP contribution in [0.1, 0.15) is 59.9 Å². The molecule has 42 heavy (non-hydrogen) atoms. The van der Waals surface area contributed by atoms with E-state index in [0.717, 1.165) is 18.4 Å². The minimum absolute atomic E-state index is 0.00570. The first-order chi connectivity index (χ1) is 19.7. The van der Waals surface area contributed by atoms with Crippen LogP contribution in [0.3, 0.4) is 0 Å². The molecule has 4 rings (SSSR count). The lowest BCUT2D eigenvalue weighted by Crippen LogP contribution is -2.23. The second-order valence-corrected chi connectivity index (χ2v) is 12.8. The van der Waals surface area contributed by atoms with Gasteiger partial charge in [0.15, 0.2) is 22.2 Å². The Kier molecular flexibility index (Phi) is 9.51. The summed E-state index contributed by atoms with van der Waals surface area (Å²) in [5, 5.41) is 3.79. The topological polar surface area (TPSA) is 128 Å². The van der Waals surface area contributed by atoms with Gasteiger partial charge in [-0.25, -0.2) is 8.42 Å². The van der Waals surface area contributed by atoms with Gasteiger partial charge in [-0.15, -0.1) is 0 Å². The van der Waals surface area contributed by atoms with Crippen molar-refractivity contribution in [3.8, 4) is 6.01 Å². The zero-order chi connectivity index (χ0) is 30.5. The summed E-state index contributed by atoms with van der Waals surface area (Å²) >= 11 is 6.00. The maximum atomic E-state index is 12.8. The van der Waals surface area contributed by atoms with Crippen LogP contribution in [0, 0.1) is 0 Å². The molecule has 0 bridgehead atoms. The fraction of sp³-hybridized carbons (Fsp3) is 0.393. The van der Waals surface area contributed by atoms with Crippen molar-refractivity contribution in [3.63, 3.8) is 0 Å². The van der Waals surface area contributed by atoms with E-state index in [1.54, 1.807) is 36.4 Å². The number of sulfone groups is 1. The molecule has 0 amide bonds. The lowest BCUT2D eigenvalue weighted by Gasteiger charge is -2.19. The molecular weight excluding hydrogens is 597 g/mol. The van der Waals surface area contributed by atoms with Crippen molar-refractivity contribution in [1.82, 2.24) is 15.0 Å². The van der Waals surface area contributed by atoms with Gasteiger partial charge in [0.1, 0.15) is 17.4 Å². The highest BCUT2D eigenvalue weighted by Crippen LogP contribution is 2.48. The molecule has 0 atom stereocenters. The van der Waals surface area contributed by atoms with Gasteiger partial charge in [0.05, 0.1) is 11.3 Å². The summed E-state index contributed by atoms with van der Waals surface area (Å²) in [7, 11) is -3.55. The third-order valence-electron chi connectivity index (χ3n) is 6.44. The fourth-order valence-electron chi connectivity index (χ4n) is 4.31. The summed E-state index contributed by atoms with van der Waals surface area (Å²) in [6.45, 7) is -0.370. The summed E-state index contributed by atoms with van der Waals surface area (Å²) in [4.78, 5) is 36.1. The van der Waals surface area contributed by atoms with Gasteiger partial charge >= 0.3 is 12.2 Å². The summed E-state index contributed by atoms with van der Waals surface area (Å²) in [5.74, 6) is -1.29. The summed E-state index contributed by atoms with van der Waals surface area (Å²) in [6, 6.07) is 13.2. The van der Waals surface area contributed by atoms with Crippen molar-refractivity contribution in [2.75, 3.05) is 23.4 Å². The first kappa shape index (κ1) is 31.4. The Morgan fingerprint density at radius 3 is 2.29 bits per heavy atom. The van der Waals surface area contributed by atoms with E-state index >= 15 is 0 Å². The molecule has 1 N–H and O–H groups in total. The second-order valence-electron chi connectivity index (χ2n) is 10.2.